The SMILES string of the molecule is CCN(C(=O)COC(=O)C1CCN(C(=O)c2ccc(F)cc2F)CC1)c1cccc2ccccc12. The van der Waals surface area contributed by atoms with Gasteiger partial charge in [0.1, 0.15) is 11.6 Å². The molecule has 6 nitrogen and oxygen atoms in total. The monoisotopic (exact) mass is 480 g/mol. The number of likely N-dealkylation sites (tertiary alicyclic amines) is 1. The van der Waals surface area contributed by atoms with E-state index in [1.165, 1.54) is 4.90 Å². The highest BCUT2D eigenvalue weighted by Crippen LogP contribution is 2.27. The Morgan fingerprint density at radius 2 is 1.71 bits per heavy atom. The molecule has 1 saturated heterocycles. The summed E-state index contributed by atoms with van der Waals surface area (Å²) in [7, 11) is 0. The third-order valence-corrected chi connectivity index (χ3v) is 6.29. The first-order chi connectivity index (χ1) is 16.9. The zero-order valence-electron chi connectivity index (χ0n) is 19.4. The molecule has 4 rings (SSSR count). The molecule has 0 aliphatic carbocycles. The summed E-state index contributed by atoms with van der Waals surface area (Å²) < 4.78 is 32.4. The zero-order valence-corrected chi connectivity index (χ0v) is 19.4. The normalized spacial score (nSPS) is 14.1. The van der Waals surface area contributed by atoms with Crippen LogP contribution in [0, 0.1) is 17.6 Å². The number of rotatable bonds is 6. The summed E-state index contributed by atoms with van der Waals surface area (Å²) in [6.45, 7) is 2.37. The number of hydrogen-bond acceptors (Lipinski definition) is 4. The fraction of sp³-hybridized carbons (Fsp3) is 0.296. The van der Waals surface area contributed by atoms with Crippen LogP contribution in [0.2, 0.25) is 0 Å². The lowest BCUT2D eigenvalue weighted by molar-refractivity contribution is -0.153. The molecule has 1 heterocycles. The van der Waals surface area contributed by atoms with Crippen molar-refractivity contribution in [3.63, 3.8) is 0 Å². The number of fused-ring (bicyclic) bond motifs is 1. The highest BCUT2D eigenvalue weighted by Gasteiger charge is 2.30. The summed E-state index contributed by atoms with van der Waals surface area (Å²) in [5, 5.41) is 1.95. The number of likely N-dealkylation sites (N-methyl/N-ethyl adjacent to an activating group) is 1. The molecule has 0 spiro atoms. The minimum Gasteiger partial charge on any atom is -0.455 e. The zero-order chi connectivity index (χ0) is 24.9. The Bertz CT molecular complexity index is 1250. The first kappa shape index (κ1) is 24.3. The lowest BCUT2D eigenvalue weighted by Crippen LogP contribution is -2.41. The second-order valence-corrected chi connectivity index (χ2v) is 8.43. The van der Waals surface area contributed by atoms with Gasteiger partial charge in [-0.05, 0) is 43.4 Å². The summed E-state index contributed by atoms with van der Waals surface area (Å²) in [4.78, 5) is 41.1. The largest absolute Gasteiger partial charge is 0.455 e. The average Bonchev–Trinajstić information content (AvgIpc) is 2.87. The van der Waals surface area contributed by atoms with Gasteiger partial charge in [0.05, 0.1) is 17.2 Å². The van der Waals surface area contributed by atoms with Gasteiger partial charge < -0.3 is 14.5 Å². The molecule has 0 radical (unpaired) electrons. The number of benzene rings is 3. The number of piperidine rings is 1. The number of esters is 1. The van der Waals surface area contributed by atoms with Gasteiger partial charge in [-0.15, -0.1) is 0 Å². The molecule has 0 atom stereocenters. The summed E-state index contributed by atoms with van der Waals surface area (Å²) >= 11 is 0. The second-order valence-electron chi connectivity index (χ2n) is 8.43. The maximum Gasteiger partial charge on any atom is 0.309 e. The first-order valence-corrected chi connectivity index (χ1v) is 11.6. The van der Waals surface area contributed by atoms with Crippen LogP contribution in [0.5, 0.6) is 0 Å². The van der Waals surface area contributed by atoms with Gasteiger partial charge in [-0.2, -0.15) is 0 Å². The predicted molar refractivity (Wildman–Crippen MR) is 128 cm³/mol. The molecular weight excluding hydrogens is 454 g/mol. The van der Waals surface area contributed by atoms with Crippen molar-refractivity contribution in [3.05, 3.63) is 77.9 Å². The summed E-state index contributed by atoms with van der Waals surface area (Å²) in [6.07, 6.45) is 0.671. The summed E-state index contributed by atoms with van der Waals surface area (Å²) in [5.41, 5.74) is 0.553. The fourth-order valence-corrected chi connectivity index (χ4v) is 4.40. The van der Waals surface area contributed by atoms with Gasteiger partial charge in [0, 0.05) is 31.1 Å². The van der Waals surface area contributed by atoms with Crippen molar-refractivity contribution in [2.75, 3.05) is 31.1 Å². The lowest BCUT2D eigenvalue weighted by atomic mass is 9.96. The van der Waals surface area contributed by atoms with Crippen molar-refractivity contribution in [2.24, 2.45) is 5.92 Å². The van der Waals surface area contributed by atoms with Crippen LogP contribution < -0.4 is 4.90 Å². The first-order valence-electron chi connectivity index (χ1n) is 11.6. The Balaban J connectivity index is 1.32. The van der Waals surface area contributed by atoms with E-state index < -0.39 is 29.4 Å². The van der Waals surface area contributed by atoms with Gasteiger partial charge in [0.25, 0.3) is 11.8 Å². The van der Waals surface area contributed by atoms with Crippen LogP contribution in [0.3, 0.4) is 0 Å². The van der Waals surface area contributed by atoms with E-state index in [0.29, 0.717) is 25.5 Å². The number of carbonyl (C=O) groups excluding carboxylic acids is 3. The Morgan fingerprint density at radius 3 is 2.43 bits per heavy atom. The smallest absolute Gasteiger partial charge is 0.309 e. The maximum atomic E-state index is 13.9. The molecule has 0 N–H and O–H groups in total. The highest BCUT2D eigenvalue weighted by atomic mass is 19.1. The van der Waals surface area contributed by atoms with Gasteiger partial charge in [0.15, 0.2) is 6.61 Å². The fourth-order valence-electron chi connectivity index (χ4n) is 4.40. The Morgan fingerprint density at radius 1 is 1.00 bits per heavy atom. The van der Waals surface area contributed by atoms with Crippen LogP contribution in [0.1, 0.15) is 30.1 Å². The summed E-state index contributed by atoms with van der Waals surface area (Å²) in [5.74, 6) is -3.49. The third-order valence-electron chi connectivity index (χ3n) is 6.29. The number of amides is 2. The Hall–Kier alpha value is -3.81. The number of ether oxygens (including phenoxy) is 1. The maximum absolute atomic E-state index is 13.9. The van der Waals surface area contributed by atoms with E-state index in [1.54, 1.807) is 4.90 Å². The van der Waals surface area contributed by atoms with Gasteiger partial charge in [-0.3, -0.25) is 14.4 Å². The molecule has 2 amide bonds. The van der Waals surface area contributed by atoms with Crippen molar-refractivity contribution in [3.8, 4) is 0 Å². The molecule has 0 aromatic heterocycles. The van der Waals surface area contributed by atoms with Gasteiger partial charge >= 0.3 is 5.97 Å². The minimum atomic E-state index is -0.915. The number of carbonyl (C=O) groups is 3. The van der Waals surface area contributed by atoms with E-state index >= 15 is 0 Å². The van der Waals surface area contributed by atoms with Gasteiger partial charge in [0.2, 0.25) is 0 Å². The Kier molecular flexibility index (Phi) is 7.39. The van der Waals surface area contributed by atoms with Crippen LogP contribution in [0.25, 0.3) is 10.8 Å². The van der Waals surface area contributed by atoms with Crippen molar-refractivity contribution in [1.82, 2.24) is 4.90 Å². The second kappa shape index (κ2) is 10.6. The molecule has 3 aromatic carbocycles. The van der Waals surface area contributed by atoms with Crippen molar-refractivity contribution in [2.45, 2.75) is 19.8 Å². The third kappa shape index (κ3) is 5.31. The van der Waals surface area contributed by atoms with Crippen molar-refractivity contribution < 1.29 is 27.9 Å². The number of hydrogen-bond donors (Lipinski definition) is 0. The molecule has 3 aromatic rings. The molecule has 0 unspecified atom stereocenters. The van der Waals surface area contributed by atoms with Crippen LogP contribution in [0.15, 0.2) is 60.7 Å². The van der Waals surface area contributed by atoms with Crippen LogP contribution in [0.4, 0.5) is 14.5 Å². The van der Waals surface area contributed by atoms with Crippen molar-refractivity contribution >= 4 is 34.2 Å². The lowest BCUT2D eigenvalue weighted by Gasteiger charge is -2.31. The standard InChI is InChI=1S/C27H26F2N2O4/c1-2-31(24-9-5-7-18-6-3-4-8-21(18)24)25(32)17-35-27(34)19-12-14-30(15-13-19)26(33)22-11-10-20(28)16-23(22)29/h3-11,16,19H,2,12-15,17H2,1H3. The topological polar surface area (TPSA) is 66.9 Å². The van der Waals surface area contributed by atoms with Gasteiger partial charge in [-0.1, -0.05) is 36.4 Å². The average molecular weight is 481 g/mol. The molecule has 1 aliphatic rings. The molecule has 1 aliphatic heterocycles. The van der Waals surface area contributed by atoms with Crippen LogP contribution in [-0.4, -0.2) is 48.9 Å². The number of nitrogens with zero attached hydrogens (tertiary/aromatic N) is 2. The van der Waals surface area contributed by atoms with Crippen LogP contribution in [-0.2, 0) is 14.3 Å². The van der Waals surface area contributed by atoms with E-state index in [4.69, 9.17) is 4.74 Å². The molecule has 0 bridgehead atoms. The molecule has 1 fully saturated rings. The van der Waals surface area contributed by atoms with E-state index in [0.717, 1.165) is 28.6 Å². The predicted octanol–water partition coefficient (Wildman–Crippen LogP) is 4.57. The Labute approximate surface area is 202 Å². The van der Waals surface area contributed by atoms with E-state index in [9.17, 15) is 23.2 Å². The highest BCUT2D eigenvalue weighted by molar-refractivity contribution is 6.04. The van der Waals surface area contributed by atoms with Gasteiger partial charge in [-0.25, -0.2) is 8.78 Å². The number of anilines is 1. The van der Waals surface area contributed by atoms with E-state index in [-0.39, 0.29) is 31.2 Å². The van der Waals surface area contributed by atoms with Crippen LogP contribution >= 0.6 is 0 Å². The van der Waals surface area contributed by atoms with E-state index in [2.05, 4.69) is 0 Å². The van der Waals surface area contributed by atoms with Crippen molar-refractivity contribution in [1.29, 1.82) is 0 Å². The quantitative estimate of drug-likeness (QED) is 0.485. The molecular formula is C27H26F2N2O4. The molecule has 0 saturated carbocycles. The molecule has 35 heavy (non-hydrogen) atoms. The number of halogens is 2. The summed E-state index contributed by atoms with van der Waals surface area (Å²) in [6, 6.07) is 16.3. The molecule has 182 valence electrons. The molecule has 8 heteroatoms. The van der Waals surface area contributed by atoms with E-state index in [1.807, 2.05) is 49.4 Å². The minimum absolute atomic E-state index is 0.203.